The lowest BCUT2D eigenvalue weighted by Crippen LogP contribution is -2.35. The highest BCUT2D eigenvalue weighted by Gasteiger charge is 2.23. The van der Waals surface area contributed by atoms with Crippen LogP contribution in [0.3, 0.4) is 0 Å². The van der Waals surface area contributed by atoms with Gasteiger partial charge in [0.1, 0.15) is 0 Å². The first-order chi connectivity index (χ1) is 14.6. The number of methoxy groups -OCH3 is 1. The maximum atomic E-state index is 12.9. The molecule has 0 saturated heterocycles. The number of amides is 1. The normalized spacial score (nSPS) is 21.1. The van der Waals surface area contributed by atoms with Crippen LogP contribution in [0, 0.1) is 11.8 Å². The number of benzene rings is 2. The van der Waals surface area contributed by atoms with Gasteiger partial charge >= 0.3 is 0 Å². The minimum absolute atomic E-state index is 0.0542. The first kappa shape index (κ1) is 20.8. The van der Waals surface area contributed by atoms with Gasteiger partial charge in [0.15, 0.2) is 11.5 Å². The van der Waals surface area contributed by atoms with Gasteiger partial charge in [0.25, 0.3) is 5.91 Å². The fraction of sp³-hybridized carbons (Fsp3) is 0.500. The Kier molecular flexibility index (Phi) is 6.61. The van der Waals surface area contributed by atoms with Crippen LogP contribution >= 0.6 is 0 Å². The second-order valence-corrected chi connectivity index (χ2v) is 8.99. The van der Waals surface area contributed by atoms with Gasteiger partial charge in [-0.2, -0.15) is 0 Å². The standard InChI is InChI=1S/C26H33NO3/c1-18-6-5-7-19(14-18)12-13-30-25-17-22(10-11-24(25)29-2)26(28)27-23-15-20-8-3-4-9-21(20)16-23/h3-4,8-11,17-19,23H,5-7,12-16H2,1-2H3,(H,27,28). The van der Waals surface area contributed by atoms with Gasteiger partial charge in [-0.05, 0) is 66.8 Å². The Morgan fingerprint density at radius 2 is 1.83 bits per heavy atom. The number of carbonyl (C=O) groups is 1. The van der Waals surface area contributed by atoms with Crippen molar-refractivity contribution in [2.75, 3.05) is 13.7 Å². The molecule has 0 aromatic heterocycles. The average Bonchev–Trinajstić information content (AvgIpc) is 3.16. The van der Waals surface area contributed by atoms with E-state index in [1.54, 1.807) is 7.11 Å². The molecule has 30 heavy (non-hydrogen) atoms. The molecule has 4 heteroatoms. The Bertz CT molecular complexity index is 853. The van der Waals surface area contributed by atoms with Gasteiger partial charge in [-0.1, -0.05) is 50.5 Å². The van der Waals surface area contributed by atoms with Crippen LogP contribution in [0.4, 0.5) is 0 Å². The molecular weight excluding hydrogens is 374 g/mol. The summed E-state index contributed by atoms with van der Waals surface area (Å²) < 4.78 is 11.5. The Balaban J connectivity index is 1.35. The van der Waals surface area contributed by atoms with E-state index in [4.69, 9.17) is 9.47 Å². The molecular formula is C26H33NO3. The molecule has 2 aliphatic rings. The Morgan fingerprint density at radius 3 is 2.53 bits per heavy atom. The Morgan fingerprint density at radius 1 is 1.07 bits per heavy atom. The number of carbonyl (C=O) groups excluding carboxylic acids is 1. The van der Waals surface area contributed by atoms with E-state index in [2.05, 4.69) is 36.5 Å². The van der Waals surface area contributed by atoms with Crippen LogP contribution in [0.2, 0.25) is 0 Å². The highest BCUT2D eigenvalue weighted by atomic mass is 16.5. The molecule has 1 saturated carbocycles. The first-order valence-corrected chi connectivity index (χ1v) is 11.3. The molecule has 160 valence electrons. The highest BCUT2D eigenvalue weighted by molar-refractivity contribution is 5.95. The molecule has 2 unspecified atom stereocenters. The maximum Gasteiger partial charge on any atom is 0.251 e. The van der Waals surface area contributed by atoms with Gasteiger partial charge in [0, 0.05) is 11.6 Å². The lowest BCUT2D eigenvalue weighted by Gasteiger charge is -2.26. The maximum absolute atomic E-state index is 12.9. The fourth-order valence-electron chi connectivity index (χ4n) is 5.02. The van der Waals surface area contributed by atoms with Gasteiger partial charge in [0.2, 0.25) is 0 Å². The van der Waals surface area contributed by atoms with Crippen LogP contribution in [-0.4, -0.2) is 25.7 Å². The van der Waals surface area contributed by atoms with Crippen LogP contribution in [0.1, 0.15) is 60.5 Å². The largest absolute Gasteiger partial charge is 0.493 e. The summed E-state index contributed by atoms with van der Waals surface area (Å²) in [6, 6.07) is 14.0. The second-order valence-electron chi connectivity index (χ2n) is 8.99. The van der Waals surface area contributed by atoms with Crippen molar-refractivity contribution in [3.63, 3.8) is 0 Å². The second kappa shape index (κ2) is 9.55. The zero-order valence-electron chi connectivity index (χ0n) is 18.2. The van der Waals surface area contributed by atoms with E-state index in [0.29, 0.717) is 23.7 Å². The molecule has 0 aliphatic heterocycles. The molecule has 2 aromatic carbocycles. The molecule has 1 amide bonds. The number of hydrogen-bond acceptors (Lipinski definition) is 3. The summed E-state index contributed by atoms with van der Waals surface area (Å²) in [5.74, 6) is 2.85. The van der Waals surface area contributed by atoms with E-state index in [0.717, 1.165) is 31.1 Å². The molecule has 2 atom stereocenters. The summed E-state index contributed by atoms with van der Waals surface area (Å²) in [5.41, 5.74) is 3.28. The first-order valence-electron chi connectivity index (χ1n) is 11.3. The lowest BCUT2D eigenvalue weighted by atomic mass is 9.81. The average molecular weight is 408 g/mol. The van der Waals surface area contributed by atoms with Crippen molar-refractivity contribution in [1.82, 2.24) is 5.32 Å². The van der Waals surface area contributed by atoms with Crippen LogP contribution in [0.5, 0.6) is 11.5 Å². The molecule has 1 fully saturated rings. The molecule has 0 radical (unpaired) electrons. The molecule has 0 heterocycles. The molecule has 0 bridgehead atoms. The SMILES string of the molecule is COc1ccc(C(=O)NC2Cc3ccccc3C2)cc1OCCC1CCCC(C)C1. The summed E-state index contributed by atoms with van der Waals surface area (Å²) in [4.78, 5) is 12.9. The Labute approximate surface area is 180 Å². The molecule has 0 spiro atoms. The summed E-state index contributed by atoms with van der Waals surface area (Å²) >= 11 is 0. The summed E-state index contributed by atoms with van der Waals surface area (Å²) in [5, 5.41) is 3.18. The number of nitrogens with one attached hydrogen (secondary N) is 1. The van der Waals surface area contributed by atoms with Crippen molar-refractivity contribution in [1.29, 1.82) is 0 Å². The minimum atomic E-state index is -0.0542. The van der Waals surface area contributed by atoms with E-state index < -0.39 is 0 Å². The van der Waals surface area contributed by atoms with E-state index in [-0.39, 0.29) is 11.9 Å². The van der Waals surface area contributed by atoms with E-state index >= 15 is 0 Å². The van der Waals surface area contributed by atoms with Crippen molar-refractivity contribution in [2.45, 2.75) is 57.9 Å². The third-order valence-electron chi connectivity index (χ3n) is 6.64. The fourth-order valence-corrected chi connectivity index (χ4v) is 5.02. The lowest BCUT2D eigenvalue weighted by molar-refractivity contribution is 0.0938. The van der Waals surface area contributed by atoms with Crippen molar-refractivity contribution >= 4 is 5.91 Å². The summed E-state index contributed by atoms with van der Waals surface area (Å²) in [6.07, 6.45) is 8.13. The van der Waals surface area contributed by atoms with E-state index in [9.17, 15) is 4.79 Å². The zero-order chi connectivity index (χ0) is 20.9. The van der Waals surface area contributed by atoms with Crippen LogP contribution < -0.4 is 14.8 Å². The van der Waals surface area contributed by atoms with Crippen molar-refractivity contribution in [3.05, 3.63) is 59.2 Å². The van der Waals surface area contributed by atoms with Crippen LogP contribution in [-0.2, 0) is 12.8 Å². The monoisotopic (exact) mass is 407 g/mol. The van der Waals surface area contributed by atoms with Gasteiger partial charge in [-0.15, -0.1) is 0 Å². The van der Waals surface area contributed by atoms with Crippen molar-refractivity contribution < 1.29 is 14.3 Å². The number of hydrogen-bond donors (Lipinski definition) is 1. The quantitative estimate of drug-likeness (QED) is 0.687. The molecule has 4 rings (SSSR count). The van der Waals surface area contributed by atoms with E-state index in [1.165, 1.54) is 36.8 Å². The predicted octanol–water partition coefficient (Wildman–Crippen LogP) is 5.19. The van der Waals surface area contributed by atoms with Crippen molar-refractivity contribution in [3.8, 4) is 11.5 Å². The van der Waals surface area contributed by atoms with Gasteiger partial charge in [0.05, 0.1) is 13.7 Å². The Hall–Kier alpha value is -2.49. The third-order valence-corrected chi connectivity index (χ3v) is 6.64. The van der Waals surface area contributed by atoms with Gasteiger partial charge < -0.3 is 14.8 Å². The van der Waals surface area contributed by atoms with Gasteiger partial charge in [-0.25, -0.2) is 0 Å². The minimum Gasteiger partial charge on any atom is -0.493 e. The topological polar surface area (TPSA) is 47.6 Å². The molecule has 2 aromatic rings. The number of ether oxygens (including phenoxy) is 2. The molecule has 1 N–H and O–H groups in total. The highest BCUT2D eigenvalue weighted by Crippen LogP contribution is 2.32. The smallest absolute Gasteiger partial charge is 0.251 e. The summed E-state index contributed by atoms with van der Waals surface area (Å²) in [6.45, 7) is 3.01. The number of rotatable bonds is 7. The number of fused-ring (bicyclic) bond motifs is 1. The van der Waals surface area contributed by atoms with E-state index in [1.807, 2.05) is 18.2 Å². The van der Waals surface area contributed by atoms with Crippen LogP contribution in [0.15, 0.2) is 42.5 Å². The van der Waals surface area contributed by atoms with Crippen molar-refractivity contribution in [2.24, 2.45) is 11.8 Å². The third kappa shape index (κ3) is 4.97. The molecule has 4 nitrogen and oxygen atoms in total. The zero-order valence-corrected chi connectivity index (χ0v) is 18.2. The van der Waals surface area contributed by atoms with Gasteiger partial charge in [-0.3, -0.25) is 4.79 Å². The summed E-state index contributed by atoms with van der Waals surface area (Å²) in [7, 11) is 1.64. The van der Waals surface area contributed by atoms with Crippen LogP contribution in [0.25, 0.3) is 0 Å². The molecule has 2 aliphatic carbocycles. The predicted molar refractivity (Wildman–Crippen MR) is 119 cm³/mol.